The van der Waals surface area contributed by atoms with Crippen molar-refractivity contribution in [1.29, 1.82) is 0 Å². The molecule has 0 N–H and O–H groups in total. The van der Waals surface area contributed by atoms with Crippen LogP contribution in [0.15, 0.2) is 35.9 Å². The molecule has 1 aromatic rings. The molecule has 1 aliphatic heterocycles. The van der Waals surface area contributed by atoms with Crippen molar-refractivity contribution in [2.45, 2.75) is 39.5 Å². The fraction of sp³-hybridized carbons (Fsp3) is 0.500. The molecule has 0 spiro atoms. The summed E-state index contributed by atoms with van der Waals surface area (Å²) in [6.45, 7) is 6.10. The standard InChI is InChI=1S/C20H27NO3/c1-3-13-24-20(23)18(14-17-7-5-4-6-8-17)15-19(22)21-11-9-16(2)10-12-21/h4-8,14,16H,3,9-13,15H2,1-2H3/b18-14+. The second-order valence-corrected chi connectivity index (χ2v) is 6.46. The number of rotatable bonds is 6. The maximum atomic E-state index is 12.6. The lowest BCUT2D eigenvalue weighted by Gasteiger charge is -2.30. The Labute approximate surface area is 144 Å². The highest BCUT2D eigenvalue weighted by atomic mass is 16.5. The molecule has 0 atom stereocenters. The molecule has 0 saturated carbocycles. The van der Waals surface area contributed by atoms with Gasteiger partial charge in [0.1, 0.15) is 0 Å². The molecule has 0 unspecified atom stereocenters. The maximum absolute atomic E-state index is 12.6. The van der Waals surface area contributed by atoms with Crippen LogP contribution in [0, 0.1) is 5.92 Å². The van der Waals surface area contributed by atoms with Gasteiger partial charge in [0.25, 0.3) is 0 Å². The highest BCUT2D eigenvalue weighted by Crippen LogP contribution is 2.19. The van der Waals surface area contributed by atoms with Crippen LogP contribution < -0.4 is 0 Å². The lowest BCUT2D eigenvalue weighted by Crippen LogP contribution is -2.38. The Morgan fingerprint density at radius 2 is 1.88 bits per heavy atom. The van der Waals surface area contributed by atoms with E-state index < -0.39 is 0 Å². The minimum atomic E-state index is -0.389. The minimum absolute atomic E-state index is 0.0116. The van der Waals surface area contributed by atoms with E-state index in [1.54, 1.807) is 6.08 Å². The molecule has 0 aliphatic carbocycles. The highest BCUT2D eigenvalue weighted by molar-refractivity contribution is 5.99. The molecule has 1 fully saturated rings. The van der Waals surface area contributed by atoms with Gasteiger partial charge in [-0.1, -0.05) is 44.2 Å². The van der Waals surface area contributed by atoms with E-state index in [4.69, 9.17) is 4.74 Å². The van der Waals surface area contributed by atoms with Crippen molar-refractivity contribution in [1.82, 2.24) is 4.90 Å². The fourth-order valence-corrected chi connectivity index (χ4v) is 2.75. The van der Waals surface area contributed by atoms with Crippen LogP contribution in [0.25, 0.3) is 6.08 Å². The van der Waals surface area contributed by atoms with E-state index in [9.17, 15) is 9.59 Å². The zero-order valence-electron chi connectivity index (χ0n) is 14.7. The van der Waals surface area contributed by atoms with E-state index in [1.807, 2.05) is 42.2 Å². The van der Waals surface area contributed by atoms with Crippen LogP contribution in [0.4, 0.5) is 0 Å². The Kier molecular flexibility index (Phi) is 7.04. The molecule has 24 heavy (non-hydrogen) atoms. The number of benzene rings is 1. The van der Waals surface area contributed by atoms with E-state index >= 15 is 0 Å². The van der Waals surface area contributed by atoms with Gasteiger partial charge in [0.15, 0.2) is 0 Å². The average Bonchev–Trinajstić information content (AvgIpc) is 2.60. The number of esters is 1. The van der Waals surface area contributed by atoms with Crippen molar-refractivity contribution in [3.8, 4) is 0 Å². The van der Waals surface area contributed by atoms with Gasteiger partial charge < -0.3 is 9.64 Å². The fourth-order valence-electron chi connectivity index (χ4n) is 2.75. The number of carbonyl (C=O) groups is 2. The largest absolute Gasteiger partial charge is 0.462 e. The summed E-state index contributed by atoms with van der Waals surface area (Å²) in [6, 6.07) is 9.58. The molecule has 1 heterocycles. The average molecular weight is 329 g/mol. The van der Waals surface area contributed by atoms with E-state index in [-0.39, 0.29) is 18.3 Å². The van der Waals surface area contributed by atoms with Gasteiger partial charge in [0, 0.05) is 18.7 Å². The molecule has 1 aromatic carbocycles. The first-order valence-electron chi connectivity index (χ1n) is 8.80. The Morgan fingerprint density at radius 3 is 2.50 bits per heavy atom. The molecule has 4 heteroatoms. The van der Waals surface area contributed by atoms with Crippen LogP contribution in [0.2, 0.25) is 0 Å². The van der Waals surface area contributed by atoms with E-state index in [0.717, 1.165) is 37.9 Å². The summed E-state index contributed by atoms with van der Waals surface area (Å²) in [6.07, 6.45) is 4.70. The Hall–Kier alpha value is -2.10. The third-order valence-electron chi connectivity index (χ3n) is 4.32. The van der Waals surface area contributed by atoms with E-state index in [0.29, 0.717) is 18.1 Å². The number of ether oxygens (including phenoxy) is 1. The smallest absolute Gasteiger partial charge is 0.334 e. The van der Waals surface area contributed by atoms with Crippen molar-refractivity contribution in [3.05, 3.63) is 41.5 Å². The van der Waals surface area contributed by atoms with Gasteiger partial charge in [-0.15, -0.1) is 0 Å². The van der Waals surface area contributed by atoms with Crippen LogP contribution in [0.3, 0.4) is 0 Å². The SMILES string of the molecule is CCCOC(=O)/C(=C/c1ccccc1)CC(=O)N1CCC(C)CC1. The number of nitrogens with zero attached hydrogens (tertiary/aromatic N) is 1. The van der Waals surface area contributed by atoms with Gasteiger partial charge in [0.05, 0.1) is 13.0 Å². The summed E-state index contributed by atoms with van der Waals surface area (Å²) in [4.78, 5) is 26.7. The Balaban J connectivity index is 2.09. The second-order valence-electron chi connectivity index (χ2n) is 6.46. The zero-order chi connectivity index (χ0) is 17.4. The Morgan fingerprint density at radius 1 is 1.21 bits per heavy atom. The highest BCUT2D eigenvalue weighted by Gasteiger charge is 2.23. The zero-order valence-corrected chi connectivity index (χ0v) is 14.7. The van der Waals surface area contributed by atoms with Gasteiger partial charge >= 0.3 is 5.97 Å². The predicted molar refractivity (Wildman–Crippen MR) is 95.3 cm³/mol. The number of likely N-dealkylation sites (tertiary alicyclic amines) is 1. The number of amides is 1. The molecular formula is C20H27NO3. The van der Waals surface area contributed by atoms with Crippen molar-refractivity contribution < 1.29 is 14.3 Å². The van der Waals surface area contributed by atoms with Crippen LogP contribution in [-0.2, 0) is 14.3 Å². The molecule has 2 rings (SSSR count). The molecule has 0 radical (unpaired) electrons. The normalized spacial score (nSPS) is 16.1. The summed E-state index contributed by atoms with van der Waals surface area (Å²) in [5, 5.41) is 0. The summed E-state index contributed by atoms with van der Waals surface area (Å²) >= 11 is 0. The maximum Gasteiger partial charge on any atom is 0.334 e. The lowest BCUT2D eigenvalue weighted by molar-refractivity contribution is -0.141. The van der Waals surface area contributed by atoms with Crippen LogP contribution in [-0.4, -0.2) is 36.5 Å². The molecular weight excluding hydrogens is 302 g/mol. The predicted octanol–water partition coefficient (Wildman–Crippen LogP) is 3.67. The van der Waals surface area contributed by atoms with Gasteiger partial charge in [-0.2, -0.15) is 0 Å². The second kappa shape index (κ2) is 9.26. The molecule has 0 aromatic heterocycles. The molecule has 4 nitrogen and oxygen atoms in total. The third kappa shape index (κ3) is 5.52. The topological polar surface area (TPSA) is 46.6 Å². The van der Waals surface area contributed by atoms with Crippen LogP contribution in [0.1, 0.15) is 45.1 Å². The monoisotopic (exact) mass is 329 g/mol. The first-order chi connectivity index (χ1) is 11.6. The number of carbonyl (C=O) groups excluding carboxylic acids is 2. The first-order valence-corrected chi connectivity index (χ1v) is 8.80. The molecule has 0 bridgehead atoms. The molecule has 1 aliphatic rings. The lowest BCUT2D eigenvalue weighted by atomic mass is 9.98. The number of hydrogen-bond donors (Lipinski definition) is 0. The number of piperidine rings is 1. The van der Waals surface area contributed by atoms with Gasteiger partial charge in [0.2, 0.25) is 5.91 Å². The summed E-state index contributed by atoms with van der Waals surface area (Å²) in [5.74, 6) is 0.292. The molecule has 130 valence electrons. The summed E-state index contributed by atoms with van der Waals surface area (Å²) in [5.41, 5.74) is 1.33. The minimum Gasteiger partial charge on any atom is -0.462 e. The van der Waals surface area contributed by atoms with E-state index in [2.05, 4.69) is 6.92 Å². The van der Waals surface area contributed by atoms with Gasteiger partial charge in [-0.25, -0.2) is 4.79 Å². The van der Waals surface area contributed by atoms with Crippen molar-refractivity contribution in [2.24, 2.45) is 5.92 Å². The van der Waals surface area contributed by atoms with Crippen molar-refractivity contribution in [3.63, 3.8) is 0 Å². The van der Waals surface area contributed by atoms with E-state index in [1.165, 1.54) is 0 Å². The van der Waals surface area contributed by atoms with Crippen molar-refractivity contribution >= 4 is 18.0 Å². The van der Waals surface area contributed by atoms with Crippen LogP contribution in [0.5, 0.6) is 0 Å². The summed E-state index contributed by atoms with van der Waals surface area (Å²) in [7, 11) is 0. The van der Waals surface area contributed by atoms with Gasteiger partial charge in [-0.3, -0.25) is 4.79 Å². The van der Waals surface area contributed by atoms with Crippen molar-refractivity contribution in [2.75, 3.05) is 19.7 Å². The molecule has 1 saturated heterocycles. The number of hydrogen-bond acceptors (Lipinski definition) is 3. The van der Waals surface area contributed by atoms with Crippen LogP contribution >= 0.6 is 0 Å². The third-order valence-corrected chi connectivity index (χ3v) is 4.32. The quantitative estimate of drug-likeness (QED) is 0.591. The first kappa shape index (κ1) is 18.2. The summed E-state index contributed by atoms with van der Waals surface area (Å²) < 4.78 is 5.25. The molecule has 1 amide bonds. The Bertz CT molecular complexity index is 572. The van der Waals surface area contributed by atoms with Gasteiger partial charge in [-0.05, 0) is 36.8 Å².